The third-order valence-electron chi connectivity index (χ3n) is 5.10. The van der Waals surface area contributed by atoms with Crippen LogP contribution in [0.15, 0.2) is 67.0 Å². The van der Waals surface area contributed by atoms with Crippen LogP contribution in [-0.4, -0.2) is 41.8 Å². The first kappa shape index (κ1) is 19.6. The second-order valence-electron chi connectivity index (χ2n) is 7.52. The Morgan fingerprint density at radius 3 is 2.72 bits per heavy atom. The van der Waals surface area contributed by atoms with Gasteiger partial charge < -0.3 is 10.6 Å². The van der Waals surface area contributed by atoms with E-state index in [0.29, 0.717) is 17.6 Å². The summed E-state index contributed by atoms with van der Waals surface area (Å²) in [6, 6.07) is 16.9. The molecular formula is C22H20N8O2. The van der Waals surface area contributed by atoms with Crippen molar-refractivity contribution in [2.45, 2.75) is 25.4 Å². The van der Waals surface area contributed by atoms with E-state index >= 15 is 0 Å². The van der Waals surface area contributed by atoms with Gasteiger partial charge in [-0.3, -0.25) is 9.59 Å². The molecular weight excluding hydrogens is 408 g/mol. The van der Waals surface area contributed by atoms with E-state index in [1.54, 1.807) is 33.8 Å². The fourth-order valence-corrected chi connectivity index (χ4v) is 3.37. The van der Waals surface area contributed by atoms with Crippen LogP contribution in [0.3, 0.4) is 0 Å². The summed E-state index contributed by atoms with van der Waals surface area (Å²) >= 11 is 0. The highest BCUT2D eigenvalue weighted by Gasteiger charge is 2.28. The van der Waals surface area contributed by atoms with Crippen molar-refractivity contribution in [3.8, 4) is 17.1 Å². The number of anilines is 1. The molecule has 1 aliphatic rings. The normalized spacial score (nSPS) is 13.0. The summed E-state index contributed by atoms with van der Waals surface area (Å²) in [4.78, 5) is 24.7. The summed E-state index contributed by atoms with van der Waals surface area (Å²) in [5.74, 6) is -0.819. The molecule has 0 aliphatic heterocycles. The predicted octanol–water partition coefficient (Wildman–Crippen LogP) is 2.12. The van der Waals surface area contributed by atoms with Gasteiger partial charge in [-0.2, -0.15) is 5.10 Å². The highest BCUT2D eigenvalue weighted by Crippen LogP contribution is 2.36. The second kappa shape index (κ2) is 8.42. The zero-order valence-corrected chi connectivity index (χ0v) is 17.0. The fourth-order valence-electron chi connectivity index (χ4n) is 3.37. The van der Waals surface area contributed by atoms with Crippen LogP contribution in [0.4, 0.5) is 5.69 Å². The Morgan fingerprint density at radius 1 is 1.03 bits per heavy atom. The third kappa shape index (κ3) is 4.24. The zero-order chi connectivity index (χ0) is 21.9. The van der Waals surface area contributed by atoms with Crippen LogP contribution >= 0.6 is 0 Å². The van der Waals surface area contributed by atoms with Crippen LogP contribution in [-0.2, 0) is 16.1 Å². The minimum Gasteiger partial charge on any atom is -0.344 e. The van der Waals surface area contributed by atoms with Crippen molar-refractivity contribution >= 4 is 17.5 Å². The lowest BCUT2D eigenvalue weighted by Gasteiger charge is -2.09. The van der Waals surface area contributed by atoms with Gasteiger partial charge in [0.25, 0.3) is 0 Å². The molecule has 0 atom stereocenters. The monoisotopic (exact) mass is 428 g/mol. The maximum Gasteiger partial charge on any atom is 0.313 e. The molecule has 1 fully saturated rings. The van der Waals surface area contributed by atoms with Gasteiger partial charge in [-0.25, -0.2) is 9.36 Å². The molecule has 5 rings (SSSR count). The molecule has 0 spiro atoms. The van der Waals surface area contributed by atoms with E-state index in [1.807, 2.05) is 42.6 Å². The SMILES string of the molecule is O=C(NCc1cccc(-n2cccn2)c1)C(=O)Nc1cccc(-c2nnnn2C2CC2)c1. The minimum absolute atomic E-state index is 0.220. The minimum atomic E-state index is -0.743. The van der Waals surface area contributed by atoms with E-state index < -0.39 is 11.8 Å². The maximum absolute atomic E-state index is 12.4. The van der Waals surface area contributed by atoms with Gasteiger partial charge >= 0.3 is 11.8 Å². The van der Waals surface area contributed by atoms with E-state index in [2.05, 4.69) is 31.3 Å². The van der Waals surface area contributed by atoms with Crippen molar-refractivity contribution in [1.29, 1.82) is 0 Å². The number of amides is 2. The van der Waals surface area contributed by atoms with Gasteiger partial charge in [0.05, 0.1) is 11.7 Å². The van der Waals surface area contributed by atoms with Gasteiger partial charge in [-0.05, 0) is 59.2 Å². The van der Waals surface area contributed by atoms with E-state index in [-0.39, 0.29) is 6.54 Å². The molecule has 2 aromatic carbocycles. The van der Waals surface area contributed by atoms with E-state index in [4.69, 9.17) is 0 Å². The largest absolute Gasteiger partial charge is 0.344 e. The summed E-state index contributed by atoms with van der Waals surface area (Å²) in [7, 11) is 0. The number of carbonyl (C=O) groups is 2. The number of tetrazole rings is 1. The molecule has 10 heteroatoms. The molecule has 1 saturated carbocycles. The lowest BCUT2D eigenvalue weighted by atomic mass is 10.2. The number of nitrogens with one attached hydrogen (secondary N) is 2. The molecule has 2 heterocycles. The molecule has 1 aliphatic carbocycles. The standard InChI is InChI=1S/C22H20N8O2/c31-21(23-14-15-4-1-7-19(12-15)29-11-3-10-24-29)22(32)25-17-6-2-5-16(13-17)20-26-27-28-30(20)18-8-9-18/h1-7,10-13,18H,8-9,14H2,(H,23,31)(H,25,32). The lowest BCUT2D eigenvalue weighted by Crippen LogP contribution is -2.35. The molecule has 0 saturated heterocycles. The Balaban J connectivity index is 1.21. The van der Waals surface area contributed by atoms with Crippen LogP contribution in [0, 0.1) is 0 Å². The van der Waals surface area contributed by atoms with Gasteiger partial charge in [0.2, 0.25) is 0 Å². The van der Waals surface area contributed by atoms with Crippen LogP contribution in [0.25, 0.3) is 17.1 Å². The van der Waals surface area contributed by atoms with Gasteiger partial charge in [-0.1, -0.05) is 24.3 Å². The quantitative estimate of drug-likeness (QED) is 0.454. The average Bonchev–Trinajstić information content (AvgIpc) is 3.30. The molecule has 10 nitrogen and oxygen atoms in total. The topological polar surface area (TPSA) is 120 Å². The highest BCUT2D eigenvalue weighted by molar-refractivity contribution is 6.39. The summed E-state index contributed by atoms with van der Waals surface area (Å²) in [6.45, 7) is 0.220. The van der Waals surface area contributed by atoms with Crippen molar-refractivity contribution in [1.82, 2.24) is 35.3 Å². The Kier molecular flexibility index (Phi) is 5.16. The summed E-state index contributed by atoms with van der Waals surface area (Å²) in [6.07, 6.45) is 5.64. The lowest BCUT2D eigenvalue weighted by molar-refractivity contribution is -0.136. The first-order chi connectivity index (χ1) is 15.7. The van der Waals surface area contributed by atoms with Crippen LogP contribution in [0.2, 0.25) is 0 Å². The maximum atomic E-state index is 12.4. The molecule has 2 aromatic heterocycles. The highest BCUT2D eigenvalue weighted by atomic mass is 16.2. The Morgan fingerprint density at radius 2 is 1.91 bits per heavy atom. The van der Waals surface area contributed by atoms with E-state index in [1.165, 1.54) is 0 Å². The van der Waals surface area contributed by atoms with Gasteiger partial charge in [0, 0.05) is 30.2 Å². The van der Waals surface area contributed by atoms with Gasteiger partial charge in [0.15, 0.2) is 5.82 Å². The Hall–Kier alpha value is -4.34. The van der Waals surface area contributed by atoms with Crippen molar-refractivity contribution in [2.75, 3.05) is 5.32 Å². The predicted molar refractivity (Wildman–Crippen MR) is 116 cm³/mol. The van der Waals surface area contributed by atoms with Crippen molar-refractivity contribution in [3.05, 3.63) is 72.6 Å². The van der Waals surface area contributed by atoms with Crippen LogP contribution < -0.4 is 10.6 Å². The first-order valence-corrected chi connectivity index (χ1v) is 10.2. The molecule has 0 unspecified atom stereocenters. The average molecular weight is 428 g/mol. The van der Waals surface area contributed by atoms with E-state index in [0.717, 1.165) is 29.7 Å². The van der Waals surface area contributed by atoms with Crippen LogP contribution in [0.1, 0.15) is 24.4 Å². The third-order valence-corrected chi connectivity index (χ3v) is 5.10. The fraction of sp³-hybridized carbons (Fsp3) is 0.182. The number of hydrogen-bond acceptors (Lipinski definition) is 6. The number of hydrogen-bond donors (Lipinski definition) is 2. The number of aromatic nitrogens is 6. The second-order valence-corrected chi connectivity index (χ2v) is 7.52. The van der Waals surface area contributed by atoms with Gasteiger partial charge in [0.1, 0.15) is 0 Å². The van der Waals surface area contributed by atoms with E-state index in [9.17, 15) is 9.59 Å². The molecule has 0 bridgehead atoms. The zero-order valence-electron chi connectivity index (χ0n) is 17.0. The molecule has 2 amide bonds. The Bertz CT molecular complexity index is 1260. The smallest absolute Gasteiger partial charge is 0.313 e. The van der Waals surface area contributed by atoms with Crippen LogP contribution in [0.5, 0.6) is 0 Å². The molecule has 4 aromatic rings. The summed E-state index contributed by atoms with van der Waals surface area (Å²) < 4.78 is 3.52. The summed E-state index contributed by atoms with van der Waals surface area (Å²) in [5.41, 5.74) is 2.99. The van der Waals surface area contributed by atoms with Gasteiger partial charge in [-0.15, -0.1) is 5.10 Å². The van der Waals surface area contributed by atoms with Crippen molar-refractivity contribution in [3.63, 3.8) is 0 Å². The molecule has 32 heavy (non-hydrogen) atoms. The number of benzene rings is 2. The number of rotatable bonds is 6. The van der Waals surface area contributed by atoms with Crippen molar-refractivity contribution < 1.29 is 9.59 Å². The first-order valence-electron chi connectivity index (χ1n) is 10.2. The van der Waals surface area contributed by atoms with Crippen molar-refractivity contribution in [2.24, 2.45) is 0 Å². The Labute approximate surface area is 183 Å². The number of carbonyl (C=O) groups excluding carboxylic acids is 2. The summed E-state index contributed by atoms with van der Waals surface area (Å²) in [5, 5.41) is 21.4. The molecule has 2 N–H and O–H groups in total. The number of nitrogens with zero attached hydrogens (tertiary/aromatic N) is 6. The molecule has 160 valence electrons. The molecule has 0 radical (unpaired) electrons.